The zero-order valence-electron chi connectivity index (χ0n) is 15.8. The zero-order valence-corrected chi connectivity index (χ0v) is 15.8. The molecule has 2 aromatic rings. The van der Waals surface area contributed by atoms with Crippen molar-refractivity contribution in [1.82, 2.24) is 5.32 Å². The van der Waals surface area contributed by atoms with E-state index in [-0.39, 0.29) is 5.91 Å². The van der Waals surface area contributed by atoms with Crippen molar-refractivity contribution in [2.45, 2.75) is 32.6 Å². The van der Waals surface area contributed by atoms with Gasteiger partial charge in [-0.05, 0) is 60.2 Å². The van der Waals surface area contributed by atoms with Crippen LogP contribution in [0.25, 0.3) is 5.57 Å². The number of hydrogen-bond acceptors (Lipinski definition) is 2. The summed E-state index contributed by atoms with van der Waals surface area (Å²) in [5.74, 6) is -0.0836. The summed E-state index contributed by atoms with van der Waals surface area (Å²) < 4.78 is 0. The Kier molecular flexibility index (Phi) is 5.77. The summed E-state index contributed by atoms with van der Waals surface area (Å²) in [5.41, 5.74) is 6.08. The van der Waals surface area contributed by atoms with Gasteiger partial charge in [0.05, 0.1) is 0 Å². The monoisotopic (exact) mass is 348 g/mol. The van der Waals surface area contributed by atoms with Gasteiger partial charge in [-0.25, -0.2) is 0 Å². The van der Waals surface area contributed by atoms with Gasteiger partial charge < -0.3 is 10.2 Å². The van der Waals surface area contributed by atoms with Gasteiger partial charge in [0.25, 0.3) is 5.91 Å². The lowest BCUT2D eigenvalue weighted by Gasteiger charge is -2.25. The average Bonchev–Trinajstić information content (AvgIpc) is 2.96. The predicted octanol–water partition coefficient (Wildman–Crippen LogP) is 4.80. The van der Waals surface area contributed by atoms with Crippen molar-refractivity contribution in [2.75, 3.05) is 25.0 Å². The number of hydrogen-bond donors (Lipinski definition) is 1. The molecule has 26 heavy (non-hydrogen) atoms. The number of nitrogens with one attached hydrogen (secondary N) is 1. The van der Waals surface area contributed by atoms with E-state index >= 15 is 0 Å². The first-order valence-corrected chi connectivity index (χ1v) is 9.48. The van der Waals surface area contributed by atoms with Crippen molar-refractivity contribution < 1.29 is 4.79 Å². The molecule has 1 N–H and O–H groups in total. The van der Waals surface area contributed by atoms with Crippen molar-refractivity contribution in [3.63, 3.8) is 0 Å². The molecule has 1 saturated heterocycles. The van der Waals surface area contributed by atoms with Gasteiger partial charge in [0.2, 0.25) is 0 Å². The summed E-state index contributed by atoms with van der Waals surface area (Å²) >= 11 is 0. The number of aryl methyl sites for hydroxylation is 1. The molecular weight excluding hydrogens is 320 g/mol. The standard InChI is InChI=1S/C23H28N2O/c1-17-16-19(12-13-22(17)25-14-8-4-5-9-15-25)18(2)20-10-6-7-11-21(20)23(26)24-3/h6-7,10-13,16H,2,4-5,8-9,14-15H2,1,3H3,(H,24,26). The molecule has 0 bridgehead atoms. The highest BCUT2D eigenvalue weighted by Gasteiger charge is 2.16. The lowest BCUT2D eigenvalue weighted by atomic mass is 9.93. The molecule has 0 atom stereocenters. The van der Waals surface area contributed by atoms with Crippen LogP contribution < -0.4 is 10.2 Å². The third-order valence-corrected chi connectivity index (χ3v) is 5.22. The number of benzene rings is 2. The summed E-state index contributed by atoms with van der Waals surface area (Å²) in [6, 6.07) is 14.2. The molecule has 3 heteroatoms. The average molecular weight is 348 g/mol. The van der Waals surface area contributed by atoms with Crippen LogP contribution in [0.3, 0.4) is 0 Å². The molecule has 1 amide bonds. The second-order valence-corrected chi connectivity index (χ2v) is 7.01. The second kappa shape index (κ2) is 8.22. The molecule has 0 unspecified atom stereocenters. The third-order valence-electron chi connectivity index (χ3n) is 5.22. The Balaban J connectivity index is 1.90. The van der Waals surface area contributed by atoms with Gasteiger partial charge in [0, 0.05) is 31.4 Å². The molecule has 1 fully saturated rings. The quantitative estimate of drug-likeness (QED) is 0.861. The maximum Gasteiger partial charge on any atom is 0.251 e. The summed E-state index contributed by atoms with van der Waals surface area (Å²) in [4.78, 5) is 14.7. The summed E-state index contributed by atoms with van der Waals surface area (Å²) in [7, 11) is 1.65. The van der Waals surface area contributed by atoms with Crippen LogP contribution in [0, 0.1) is 6.92 Å². The van der Waals surface area contributed by atoms with Crippen LogP contribution in [0.1, 0.15) is 52.7 Å². The van der Waals surface area contributed by atoms with Crippen LogP contribution in [0.2, 0.25) is 0 Å². The largest absolute Gasteiger partial charge is 0.371 e. The van der Waals surface area contributed by atoms with E-state index in [0.717, 1.165) is 29.8 Å². The van der Waals surface area contributed by atoms with Crippen LogP contribution in [0.5, 0.6) is 0 Å². The Labute approximate surface area is 156 Å². The van der Waals surface area contributed by atoms with Gasteiger partial charge in [-0.2, -0.15) is 0 Å². The van der Waals surface area contributed by atoms with E-state index in [1.165, 1.54) is 36.9 Å². The predicted molar refractivity (Wildman–Crippen MR) is 110 cm³/mol. The summed E-state index contributed by atoms with van der Waals surface area (Å²) in [6.07, 6.45) is 5.21. The normalized spacial score (nSPS) is 14.6. The Morgan fingerprint density at radius 2 is 1.65 bits per heavy atom. The van der Waals surface area contributed by atoms with E-state index in [9.17, 15) is 4.79 Å². The summed E-state index contributed by atoms with van der Waals surface area (Å²) in [5, 5.41) is 2.71. The number of anilines is 1. The molecule has 3 rings (SSSR count). The number of nitrogens with zero attached hydrogens (tertiary/aromatic N) is 1. The molecule has 3 nitrogen and oxygen atoms in total. The summed E-state index contributed by atoms with van der Waals surface area (Å²) in [6.45, 7) is 8.72. The minimum absolute atomic E-state index is 0.0836. The highest BCUT2D eigenvalue weighted by atomic mass is 16.1. The van der Waals surface area contributed by atoms with E-state index in [0.29, 0.717) is 5.56 Å². The first kappa shape index (κ1) is 18.2. The Bertz CT molecular complexity index is 802. The van der Waals surface area contributed by atoms with Gasteiger partial charge in [-0.15, -0.1) is 0 Å². The number of amides is 1. The molecule has 0 aliphatic carbocycles. The first-order valence-electron chi connectivity index (χ1n) is 9.48. The van der Waals surface area contributed by atoms with Gasteiger partial charge in [-0.3, -0.25) is 4.79 Å². The molecule has 136 valence electrons. The molecule has 0 spiro atoms. The van der Waals surface area contributed by atoms with Crippen LogP contribution in [-0.4, -0.2) is 26.0 Å². The van der Waals surface area contributed by atoms with Gasteiger partial charge in [0.15, 0.2) is 0 Å². The van der Waals surface area contributed by atoms with Crippen molar-refractivity contribution >= 4 is 17.2 Å². The van der Waals surface area contributed by atoms with E-state index < -0.39 is 0 Å². The van der Waals surface area contributed by atoms with Crippen LogP contribution in [-0.2, 0) is 0 Å². The Morgan fingerprint density at radius 1 is 1.00 bits per heavy atom. The lowest BCUT2D eigenvalue weighted by Crippen LogP contribution is -2.24. The van der Waals surface area contributed by atoms with Crippen LogP contribution >= 0.6 is 0 Å². The van der Waals surface area contributed by atoms with Crippen molar-refractivity contribution in [3.8, 4) is 0 Å². The Hall–Kier alpha value is -2.55. The minimum Gasteiger partial charge on any atom is -0.371 e. The van der Waals surface area contributed by atoms with E-state index in [2.05, 4.69) is 41.9 Å². The molecule has 1 heterocycles. The molecule has 1 aliphatic heterocycles. The van der Waals surface area contributed by atoms with Gasteiger partial charge in [0.1, 0.15) is 0 Å². The zero-order chi connectivity index (χ0) is 18.5. The van der Waals surface area contributed by atoms with Crippen molar-refractivity contribution in [3.05, 3.63) is 71.3 Å². The van der Waals surface area contributed by atoms with E-state index in [4.69, 9.17) is 0 Å². The molecule has 0 saturated carbocycles. The molecule has 0 aromatic heterocycles. The van der Waals surface area contributed by atoms with Crippen molar-refractivity contribution in [1.29, 1.82) is 0 Å². The molecule has 1 aliphatic rings. The minimum atomic E-state index is -0.0836. The van der Waals surface area contributed by atoms with Crippen molar-refractivity contribution in [2.24, 2.45) is 0 Å². The Morgan fingerprint density at radius 3 is 2.27 bits per heavy atom. The smallest absolute Gasteiger partial charge is 0.251 e. The van der Waals surface area contributed by atoms with Crippen LogP contribution in [0.4, 0.5) is 5.69 Å². The maximum absolute atomic E-state index is 12.2. The van der Waals surface area contributed by atoms with E-state index in [1.807, 2.05) is 24.3 Å². The maximum atomic E-state index is 12.2. The van der Waals surface area contributed by atoms with Gasteiger partial charge in [-0.1, -0.05) is 43.7 Å². The first-order chi connectivity index (χ1) is 12.6. The second-order valence-electron chi connectivity index (χ2n) is 7.01. The van der Waals surface area contributed by atoms with Gasteiger partial charge >= 0.3 is 0 Å². The van der Waals surface area contributed by atoms with E-state index in [1.54, 1.807) is 7.05 Å². The van der Waals surface area contributed by atoms with Crippen LogP contribution in [0.15, 0.2) is 49.0 Å². The number of carbonyl (C=O) groups is 1. The number of carbonyl (C=O) groups excluding carboxylic acids is 1. The third kappa shape index (κ3) is 3.82. The topological polar surface area (TPSA) is 32.3 Å². The molecular formula is C23H28N2O. The number of rotatable bonds is 4. The highest BCUT2D eigenvalue weighted by molar-refractivity contribution is 6.00. The lowest BCUT2D eigenvalue weighted by molar-refractivity contribution is 0.0963. The molecule has 2 aromatic carbocycles. The molecule has 0 radical (unpaired) electrons. The fourth-order valence-corrected chi connectivity index (χ4v) is 3.74. The fraction of sp³-hybridized carbons (Fsp3) is 0.348. The fourth-order valence-electron chi connectivity index (χ4n) is 3.74. The SMILES string of the molecule is C=C(c1ccc(N2CCCCCC2)c(C)c1)c1ccccc1C(=O)NC. The highest BCUT2D eigenvalue weighted by Crippen LogP contribution is 2.30.